The van der Waals surface area contributed by atoms with Crippen LogP contribution in [0.25, 0.3) is 0 Å². The Bertz CT molecular complexity index is 797. The lowest BCUT2D eigenvalue weighted by Gasteiger charge is -2.61. The van der Waals surface area contributed by atoms with E-state index in [2.05, 4.69) is 44.8 Å². The maximum Gasteiger partial charge on any atom is 0.272 e. The van der Waals surface area contributed by atoms with E-state index in [4.69, 9.17) is 0 Å². The standard InChI is InChI=1S/C21H25N3O/c25-20(18-14-22-19-11-5-7-13-23(18)19)24-15-17-10-4-6-12-21(17,24)16-8-2-1-3-9-16/h1-3,8-9,14,17H,4-7,10-13,15H2/t17-,21-/m1/s1. The van der Waals surface area contributed by atoms with Gasteiger partial charge < -0.3 is 9.47 Å². The summed E-state index contributed by atoms with van der Waals surface area (Å²) in [6, 6.07) is 10.7. The number of rotatable bonds is 2. The van der Waals surface area contributed by atoms with Gasteiger partial charge >= 0.3 is 0 Å². The Morgan fingerprint density at radius 3 is 2.84 bits per heavy atom. The first-order chi connectivity index (χ1) is 12.3. The highest BCUT2D eigenvalue weighted by Crippen LogP contribution is 2.54. The molecule has 2 atom stereocenters. The molecular formula is C21H25N3O. The minimum Gasteiger partial charge on any atom is -0.327 e. The van der Waals surface area contributed by atoms with E-state index in [1.54, 1.807) is 0 Å². The summed E-state index contributed by atoms with van der Waals surface area (Å²) in [5.74, 6) is 1.88. The minimum absolute atomic E-state index is 0.0873. The molecule has 4 heteroatoms. The molecule has 1 saturated heterocycles. The molecule has 1 amide bonds. The lowest BCUT2D eigenvalue weighted by Crippen LogP contribution is -2.67. The van der Waals surface area contributed by atoms with Crippen LogP contribution in [-0.2, 0) is 18.5 Å². The van der Waals surface area contributed by atoms with Crippen LogP contribution in [0.4, 0.5) is 0 Å². The molecule has 0 spiro atoms. The second kappa shape index (κ2) is 5.72. The highest BCUT2D eigenvalue weighted by Gasteiger charge is 2.57. The number of nitrogens with zero attached hydrogens (tertiary/aromatic N) is 3. The van der Waals surface area contributed by atoms with Crippen molar-refractivity contribution in [3.63, 3.8) is 0 Å². The molecule has 0 bridgehead atoms. The number of aryl methyl sites for hydroxylation is 1. The van der Waals surface area contributed by atoms with Crippen LogP contribution in [0.15, 0.2) is 36.5 Å². The van der Waals surface area contributed by atoms with E-state index in [0.717, 1.165) is 43.9 Å². The van der Waals surface area contributed by atoms with E-state index < -0.39 is 0 Å². The van der Waals surface area contributed by atoms with Crippen molar-refractivity contribution in [3.8, 4) is 0 Å². The number of likely N-dealkylation sites (tertiary alicyclic amines) is 1. The maximum absolute atomic E-state index is 13.5. The van der Waals surface area contributed by atoms with E-state index in [-0.39, 0.29) is 11.4 Å². The van der Waals surface area contributed by atoms with Crippen molar-refractivity contribution in [3.05, 3.63) is 53.6 Å². The summed E-state index contributed by atoms with van der Waals surface area (Å²) in [6.45, 7) is 1.83. The summed E-state index contributed by atoms with van der Waals surface area (Å²) < 4.78 is 2.17. The summed E-state index contributed by atoms with van der Waals surface area (Å²) in [7, 11) is 0. The Morgan fingerprint density at radius 2 is 2.00 bits per heavy atom. The zero-order valence-electron chi connectivity index (χ0n) is 14.7. The van der Waals surface area contributed by atoms with Crippen molar-refractivity contribution in [2.75, 3.05) is 6.54 Å². The smallest absolute Gasteiger partial charge is 0.272 e. The van der Waals surface area contributed by atoms with Gasteiger partial charge in [0, 0.05) is 25.4 Å². The van der Waals surface area contributed by atoms with Crippen LogP contribution in [0.5, 0.6) is 0 Å². The Labute approximate surface area is 148 Å². The van der Waals surface area contributed by atoms with Crippen LogP contribution in [0, 0.1) is 5.92 Å². The number of aromatic nitrogens is 2. The number of amides is 1. The Kier molecular flexibility index (Phi) is 3.47. The topological polar surface area (TPSA) is 38.1 Å². The van der Waals surface area contributed by atoms with Gasteiger partial charge in [0.2, 0.25) is 0 Å². The number of carbonyl (C=O) groups excluding carboxylic acids is 1. The zero-order valence-corrected chi connectivity index (χ0v) is 14.7. The molecule has 0 N–H and O–H groups in total. The third-order valence-corrected chi connectivity index (χ3v) is 6.63. The third kappa shape index (κ3) is 2.12. The van der Waals surface area contributed by atoms with Gasteiger partial charge in [-0.2, -0.15) is 0 Å². The van der Waals surface area contributed by atoms with Crippen LogP contribution < -0.4 is 0 Å². The predicted molar refractivity (Wildman–Crippen MR) is 96.3 cm³/mol. The van der Waals surface area contributed by atoms with Crippen molar-refractivity contribution in [1.29, 1.82) is 0 Å². The molecule has 0 unspecified atom stereocenters. The number of hydrogen-bond acceptors (Lipinski definition) is 2. The van der Waals surface area contributed by atoms with E-state index in [1.165, 1.54) is 31.2 Å². The molecular weight excluding hydrogens is 310 g/mol. The first-order valence-corrected chi connectivity index (χ1v) is 9.72. The van der Waals surface area contributed by atoms with Gasteiger partial charge in [0.15, 0.2) is 0 Å². The molecule has 2 aromatic rings. The predicted octanol–water partition coefficient (Wildman–Crippen LogP) is 3.76. The largest absolute Gasteiger partial charge is 0.327 e. The average Bonchev–Trinajstić information content (AvgIpc) is 3.08. The van der Waals surface area contributed by atoms with Crippen LogP contribution in [-0.4, -0.2) is 26.9 Å². The Hall–Kier alpha value is -2.10. The van der Waals surface area contributed by atoms with Gasteiger partial charge in [-0.05, 0) is 31.2 Å². The molecule has 5 rings (SSSR count). The van der Waals surface area contributed by atoms with Gasteiger partial charge in [-0.25, -0.2) is 4.98 Å². The number of carbonyl (C=O) groups is 1. The Balaban J connectivity index is 1.53. The number of hydrogen-bond donors (Lipinski definition) is 0. The van der Waals surface area contributed by atoms with Gasteiger partial charge in [-0.3, -0.25) is 4.79 Å². The molecule has 130 valence electrons. The molecule has 4 nitrogen and oxygen atoms in total. The quantitative estimate of drug-likeness (QED) is 0.838. The number of benzene rings is 1. The van der Waals surface area contributed by atoms with Gasteiger partial charge in [-0.15, -0.1) is 0 Å². The highest BCUT2D eigenvalue weighted by atomic mass is 16.2. The second-order valence-corrected chi connectivity index (χ2v) is 7.82. The van der Waals surface area contributed by atoms with Gasteiger partial charge in [0.1, 0.15) is 11.5 Å². The van der Waals surface area contributed by atoms with Crippen LogP contribution in [0.1, 0.15) is 60.4 Å². The second-order valence-electron chi connectivity index (χ2n) is 7.82. The van der Waals surface area contributed by atoms with Crippen LogP contribution in [0.3, 0.4) is 0 Å². The molecule has 3 aliphatic rings. The summed E-state index contributed by atoms with van der Waals surface area (Å²) in [4.78, 5) is 20.1. The molecule has 1 aromatic carbocycles. The van der Waals surface area contributed by atoms with E-state index in [9.17, 15) is 4.79 Å². The molecule has 25 heavy (non-hydrogen) atoms. The fraction of sp³-hybridized carbons (Fsp3) is 0.524. The monoisotopic (exact) mass is 335 g/mol. The summed E-state index contributed by atoms with van der Waals surface area (Å²) in [5, 5.41) is 0. The summed E-state index contributed by atoms with van der Waals surface area (Å²) in [6.07, 6.45) is 9.98. The van der Waals surface area contributed by atoms with Gasteiger partial charge in [-0.1, -0.05) is 43.2 Å². The lowest BCUT2D eigenvalue weighted by atomic mass is 9.61. The minimum atomic E-state index is -0.0873. The van der Waals surface area contributed by atoms with Crippen LogP contribution >= 0.6 is 0 Å². The van der Waals surface area contributed by atoms with Crippen molar-refractivity contribution >= 4 is 5.91 Å². The summed E-state index contributed by atoms with van der Waals surface area (Å²) in [5.41, 5.74) is 2.03. The summed E-state index contributed by atoms with van der Waals surface area (Å²) >= 11 is 0. The fourth-order valence-corrected chi connectivity index (χ4v) is 5.35. The van der Waals surface area contributed by atoms with E-state index in [0.29, 0.717) is 5.92 Å². The molecule has 0 radical (unpaired) electrons. The number of fused-ring (bicyclic) bond motifs is 2. The van der Waals surface area contributed by atoms with Crippen LogP contribution in [0.2, 0.25) is 0 Å². The fourth-order valence-electron chi connectivity index (χ4n) is 5.35. The SMILES string of the molecule is O=C(c1cnc2n1CCCC2)N1C[C@H]2CCCC[C@@]21c1ccccc1. The van der Waals surface area contributed by atoms with E-state index >= 15 is 0 Å². The van der Waals surface area contributed by atoms with Crippen molar-refractivity contribution in [2.24, 2.45) is 5.92 Å². The Morgan fingerprint density at radius 1 is 1.12 bits per heavy atom. The molecule has 2 fully saturated rings. The molecule has 1 saturated carbocycles. The lowest BCUT2D eigenvalue weighted by molar-refractivity contribution is -0.0874. The van der Waals surface area contributed by atoms with Gasteiger partial charge in [0.25, 0.3) is 5.91 Å². The molecule has 3 heterocycles. The number of imidazole rings is 1. The molecule has 2 aliphatic heterocycles. The molecule has 1 aliphatic carbocycles. The highest BCUT2D eigenvalue weighted by molar-refractivity contribution is 5.94. The van der Waals surface area contributed by atoms with Crippen molar-refractivity contribution in [1.82, 2.24) is 14.5 Å². The third-order valence-electron chi connectivity index (χ3n) is 6.63. The first kappa shape index (κ1) is 15.2. The average molecular weight is 335 g/mol. The van der Waals surface area contributed by atoms with E-state index in [1.807, 2.05) is 6.20 Å². The van der Waals surface area contributed by atoms with Crippen molar-refractivity contribution in [2.45, 2.75) is 57.0 Å². The van der Waals surface area contributed by atoms with Crippen molar-refractivity contribution < 1.29 is 4.79 Å². The maximum atomic E-state index is 13.5. The normalized spacial score (nSPS) is 28.0. The zero-order chi connectivity index (χ0) is 16.9. The first-order valence-electron chi connectivity index (χ1n) is 9.72. The van der Waals surface area contributed by atoms with Gasteiger partial charge in [0.05, 0.1) is 11.7 Å². The molecule has 1 aromatic heterocycles.